The van der Waals surface area contributed by atoms with Crippen LogP contribution in [0.15, 0.2) is 30.3 Å². The lowest BCUT2D eigenvalue weighted by Crippen LogP contribution is -2.47. The number of halogens is 3. The second-order valence-corrected chi connectivity index (χ2v) is 5.15. The molecule has 4 N–H and O–H groups in total. The molecule has 0 saturated carbocycles. The number of amides is 3. The lowest BCUT2D eigenvalue weighted by Gasteiger charge is -2.21. The van der Waals surface area contributed by atoms with Gasteiger partial charge in [0, 0.05) is 19.6 Å². The van der Waals surface area contributed by atoms with Crippen LogP contribution in [0.1, 0.15) is 5.56 Å². The van der Waals surface area contributed by atoms with Gasteiger partial charge in [-0.25, -0.2) is 4.79 Å². The van der Waals surface area contributed by atoms with E-state index >= 15 is 0 Å². The fourth-order valence-corrected chi connectivity index (χ4v) is 1.98. The maximum atomic E-state index is 12.0. The van der Waals surface area contributed by atoms with Gasteiger partial charge in [0.1, 0.15) is 6.54 Å². The minimum atomic E-state index is -4.53. The van der Waals surface area contributed by atoms with E-state index < -0.39 is 24.7 Å². The van der Waals surface area contributed by atoms with Crippen LogP contribution in [0.3, 0.4) is 0 Å². The van der Waals surface area contributed by atoms with Gasteiger partial charge in [0.05, 0.1) is 6.54 Å². The van der Waals surface area contributed by atoms with Crippen LogP contribution in [-0.2, 0) is 11.2 Å². The SMILES string of the molecule is NCCN(CCc1ccccc1)CC(=O)NC(=O)NCC(F)(F)F. The van der Waals surface area contributed by atoms with Gasteiger partial charge in [-0.3, -0.25) is 15.0 Å². The van der Waals surface area contributed by atoms with E-state index in [0.29, 0.717) is 26.1 Å². The average Bonchev–Trinajstić information content (AvgIpc) is 2.51. The van der Waals surface area contributed by atoms with E-state index in [-0.39, 0.29) is 6.54 Å². The number of nitrogens with zero attached hydrogens (tertiary/aromatic N) is 1. The molecule has 0 heterocycles. The highest BCUT2D eigenvalue weighted by molar-refractivity contribution is 5.95. The van der Waals surface area contributed by atoms with Crippen LogP contribution in [0.4, 0.5) is 18.0 Å². The van der Waals surface area contributed by atoms with Gasteiger partial charge < -0.3 is 11.1 Å². The summed E-state index contributed by atoms with van der Waals surface area (Å²) in [6.45, 7) is -0.318. The molecule has 0 fully saturated rings. The molecule has 1 aromatic carbocycles. The monoisotopic (exact) mass is 346 g/mol. The molecule has 0 unspecified atom stereocenters. The summed E-state index contributed by atoms with van der Waals surface area (Å²) in [6.07, 6.45) is -3.84. The summed E-state index contributed by atoms with van der Waals surface area (Å²) in [5.41, 5.74) is 6.58. The summed E-state index contributed by atoms with van der Waals surface area (Å²) in [4.78, 5) is 24.7. The van der Waals surface area contributed by atoms with Crippen LogP contribution in [-0.4, -0.2) is 55.7 Å². The van der Waals surface area contributed by atoms with Crippen molar-refractivity contribution >= 4 is 11.9 Å². The Bertz CT molecular complexity index is 523. The highest BCUT2D eigenvalue weighted by atomic mass is 19.4. The highest BCUT2D eigenvalue weighted by Gasteiger charge is 2.28. The van der Waals surface area contributed by atoms with Crippen molar-refractivity contribution in [2.24, 2.45) is 5.73 Å². The molecule has 0 spiro atoms. The van der Waals surface area contributed by atoms with Gasteiger partial charge in [-0.15, -0.1) is 0 Å². The summed E-state index contributed by atoms with van der Waals surface area (Å²) in [6, 6.07) is 8.43. The second-order valence-electron chi connectivity index (χ2n) is 5.15. The van der Waals surface area contributed by atoms with Crippen molar-refractivity contribution in [3.8, 4) is 0 Å². The van der Waals surface area contributed by atoms with Gasteiger partial charge in [0.25, 0.3) is 0 Å². The van der Waals surface area contributed by atoms with Crippen LogP contribution >= 0.6 is 0 Å². The number of hydrogen-bond donors (Lipinski definition) is 3. The molecular formula is C15H21F3N4O2. The molecule has 0 radical (unpaired) electrons. The Morgan fingerprint density at radius 1 is 1.12 bits per heavy atom. The number of hydrogen-bond acceptors (Lipinski definition) is 4. The largest absolute Gasteiger partial charge is 0.405 e. The Labute approximate surface area is 138 Å². The van der Waals surface area contributed by atoms with Crippen molar-refractivity contribution < 1.29 is 22.8 Å². The molecule has 0 aliphatic carbocycles. The van der Waals surface area contributed by atoms with Gasteiger partial charge in [0.15, 0.2) is 0 Å². The minimum absolute atomic E-state index is 0.122. The van der Waals surface area contributed by atoms with Gasteiger partial charge in [-0.2, -0.15) is 13.2 Å². The van der Waals surface area contributed by atoms with Crippen LogP contribution < -0.4 is 16.4 Å². The molecular weight excluding hydrogens is 325 g/mol. The number of imide groups is 1. The number of carbonyl (C=O) groups excluding carboxylic acids is 2. The van der Waals surface area contributed by atoms with E-state index in [1.54, 1.807) is 10.2 Å². The van der Waals surface area contributed by atoms with Crippen molar-refractivity contribution in [1.82, 2.24) is 15.5 Å². The molecule has 1 aromatic rings. The molecule has 1 rings (SSSR count). The summed E-state index contributed by atoms with van der Waals surface area (Å²) >= 11 is 0. The van der Waals surface area contributed by atoms with Crippen molar-refractivity contribution in [3.63, 3.8) is 0 Å². The van der Waals surface area contributed by atoms with Crippen LogP contribution in [0.25, 0.3) is 0 Å². The first-order valence-electron chi connectivity index (χ1n) is 7.41. The smallest absolute Gasteiger partial charge is 0.329 e. The fourth-order valence-electron chi connectivity index (χ4n) is 1.98. The normalized spacial score (nSPS) is 11.4. The zero-order chi connectivity index (χ0) is 18.0. The molecule has 6 nitrogen and oxygen atoms in total. The predicted molar refractivity (Wildman–Crippen MR) is 83.2 cm³/mol. The Hall–Kier alpha value is -2.13. The second kappa shape index (κ2) is 9.89. The van der Waals surface area contributed by atoms with E-state index in [1.165, 1.54) is 0 Å². The Kier molecular flexibility index (Phi) is 8.20. The summed E-state index contributed by atoms with van der Waals surface area (Å²) in [7, 11) is 0. The number of rotatable bonds is 8. The van der Waals surface area contributed by atoms with Crippen molar-refractivity contribution in [2.75, 3.05) is 32.7 Å². The summed E-state index contributed by atoms with van der Waals surface area (Å²) < 4.78 is 35.9. The van der Waals surface area contributed by atoms with Gasteiger partial charge in [0.2, 0.25) is 5.91 Å². The molecule has 9 heteroatoms. The third-order valence-electron chi connectivity index (χ3n) is 3.07. The van der Waals surface area contributed by atoms with Gasteiger partial charge >= 0.3 is 12.2 Å². The average molecular weight is 346 g/mol. The number of nitrogens with two attached hydrogens (primary N) is 1. The summed E-state index contributed by atoms with van der Waals surface area (Å²) in [5, 5.41) is 3.45. The summed E-state index contributed by atoms with van der Waals surface area (Å²) in [5.74, 6) is -0.684. The quantitative estimate of drug-likeness (QED) is 0.652. The lowest BCUT2D eigenvalue weighted by atomic mass is 10.1. The molecule has 0 aliphatic heterocycles. The van der Waals surface area contributed by atoms with E-state index in [9.17, 15) is 22.8 Å². The van der Waals surface area contributed by atoms with Crippen LogP contribution in [0.2, 0.25) is 0 Å². The topological polar surface area (TPSA) is 87.5 Å². The maximum absolute atomic E-state index is 12.0. The fraction of sp³-hybridized carbons (Fsp3) is 0.467. The first-order valence-corrected chi connectivity index (χ1v) is 7.41. The van der Waals surface area contributed by atoms with Gasteiger partial charge in [-0.05, 0) is 12.0 Å². The number of urea groups is 1. The van der Waals surface area contributed by atoms with Crippen molar-refractivity contribution in [1.29, 1.82) is 0 Å². The Balaban J connectivity index is 2.40. The molecule has 0 bridgehead atoms. The number of alkyl halides is 3. The first-order chi connectivity index (χ1) is 11.3. The van der Waals surface area contributed by atoms with E-state index in [4.69, 9.17) is 5.73 Å². The maximum Gasteiger partial charge on any atom is 0.405 e. The lowest BCUT2D eigenvalue weighted by molar-refractivity contribution is -0.125. The van der Waals surface area contributed by atoms with E-state index in [1.807, 2.05) is 35.6 Å². The third kappa shape index (κ3) is 9.11. The predicted octanol–water partition coefficient (Wildman–Crippen LogP) is 0.878. The van der Waals surface area contributed by atoms with E-state index in [0.717, 1.165) is 5.56 Å². The zero-order valence-corrected chi connectivity index (χ0v) is 13.1. The number of carbonyl (C=O) groups is 2. The molecule has 0 saturated heterocycles. The minimum Gasteiger partial charge on any atom is -0.329 e. The number of nitrogens with one attached hydrogen (secondary N) is 2. The number of benzene rings is 1. The van der Waals surface area contributed by atoms with E-state index in [2.05, 4.69) is 0 Å². The van der Waals surface area contributed by atoms with Crippen LogP contribution in [0.5, 0.6) is 0 Å². The highest BCUT2D eigenvalue weighted by Crippen LogP contribution is 2.11. The molecule has 0 atom stereocenters. The van der Waals surface area contributed by atoms with Gasteiger partial charge in [-0.1, -0.05) is 30.3 Å². The molecule has 24 heavy (non-hydrogen) atoms. The third-order valence-corrected chi connectivity index (χ3v) is 3.07. The Morgan fingerprint density at radius 2 is 1.79 bits per heavy atom. The molecule has 3 amide bonds. The molecule has 0 aliphatic rings. The van der Waals surface area contributed by atoms with Crippen molar-refractivity contribution in [3.05, 3.63) is 35.9 Å². The standard InChI is InChI=1S/C15H21F3N4O2/c16-15(17,18)11-20-14(24)21-13(23)10-22(9-7-19)8-6-12-4-2-1-3-5-12/h1-5H,6-11,19H2,(H2,20,21,23,24). The Morgan fingerprint density at radius 3 is 2.38 bits per heavy atom. The molecule has 134 valence electrons. The first kappa shape index (κ1) is 19.9. The molecule has 0 aromatic heterocycles. The zero-order valence-electron chi connectivity index (χ0n) is 13.1. The van der Waals surface area contributed by atoms with Crippen LogP contribution in [0, 0.1) is 0 Å². The van der Waals surface area contributed by atoms with Crippen molar-refractivity contribution in [2.45, 2.75) is 12.6 Å².